The van der Waals surface area contributed by atoms with E-state index in [9.17, 15) is 4.79 Å². The summed E-state index contributed by atoms with van der Waals surface area (Å²) in [4.78, 5) is 14.7. The molecule has 2 heterocycles. The number of carbonyl (C=O) groups excluding carboxylic acids is 1. The van der Waals surface area contributed by atoms with E-state index in [0.29, 0.717) is 12.3 Å². The van der Waals surface area contributed by atoms with E-state index in [-0.39, 0.29) is 11.3 Å². The summed E-state index contributed by atoms with van der Waals surface area (Å²) in [6.07, 6.45) is 2.88. The van der Waals surface area contributed by atoms with Gasteiger partial charge < -0.3 is 10.2 Å². The summed E-state index contributed by atoms with van der Waals surface area (Å²) >= 11 is 6.12. The van der Waals surface area contributed by atoms with Gasteiger partial charge >= 0.3 is 0 Å². The molecule has 21 heavy (non-hydrogen) atoms. The average molecular weight is 307 g/mol. The van der Waals surface area contributed by atoms with Crippen LogP contribution in [0, 0.1) is 5.92 Å². The fraction of sp³-hybridized carbons (Fsp3) is 0.588. The molecule has 1 aromatic rings. The molecule has 1 aromatic carbocycles. The van der Waals surface area contributed by atoms with E-state index in [4.69, 9.17) is 11.6 Å². The van der Waals surface area contributed by atoms with Crippen molar-refractivity contribution in [3.8, 4) is 0 Å². The predicted molar refractivity (Wildman–Crippen MR) is 87.0 cm³/mol. The highest BCUT2D eigenvalue weighted by Gasteiger charge is 2.38. The lowest BCUT2D eigenvalue weighted by Crippen LogP contribution is -2.37. The summed E-state index contributed by atoms with van der Waals surface area (Å²) in [6, 6.07) is 5.88. The number of amides is 1. The largest absolute Gasteiger partial charge is 0.317 e. The Morgan fingerprint density at radius 2 is 2.10 bits per heavy atom. The van der Waals surface area contributed by atoms with E-state index in [1.165, 1.54) is 5.56 Å². The van der Waals surface area contributed by atoms with E-state index >= 15 is 0 Å². The lowest BCUT2D eigenvalue weighted by molar-refractivity contribution is -0.119. The molecule has 3 nitrogen and oxygen atoms in total. The van der Waals surface area contributed by atoms with Crippen molar-refractivity contribution in [1.29, 1.82) is 0 Å². The van der Waals surface area contributed by atoms with E-state index in [2.05, 4.69) is 19.2 Å². The first-order chi connectivity index (χ1) is 9.97. The van der Waals surface area contributed by atoms with Crippen LogP contribution < -0.4 is 10.2 Å². The van der Waals surface area contributed by atoms with Gasteiger partial charge in [0.15, 0.2) is 0 Å². The molecule has 0 bridgehead atoms. The lowest BCUT2D eigenvalue weighted by Gasteiger charge is -2.26. The second-order valence-corrected chi connectivity index (χ2v) is 7.36. The molecule has 114 valence electrons. The summed E-state index contributed by atoms with van der Waals surface area (Å²) in [5, 5.41) is 4.10. The van der Waals surface area contributed by atoms with Crippen LogP contribution in [0.25, 0.3) is 0 Å². The quantitative estimate of drug-likeness (QED) is 0.909. The summed E-state index contributed by atoms with van der Waals surface area (Å²) in [5.41, 5.74) is 2.21. The lowest BCUT2D eigenvalue weighted by atomic mass is 9.87. The molecule has 0 aromatic heterocycles. The average Bonchev–Trinajstić information content (AvgIpc) is 2.72. The molecular weight excluding hydrogens is 284 g/mol. The molecule has 2 aliphatic heterocycles. The van der Waals surface area contributed by atoms with Crippen molar-refractivity contribution < 1.29 is 4.79 Å². The molecular formula is C17H23ClN2O. The van der Waals surface area contributed by atoms with E-state index < -0.39 is 0 Å². The van der Waals surface area contributed by atoms with Crippen molar-refractivity contribution in [2.24, 2.45) is 5.92 Å². The number of nitrogens with one attached hydrogen (secondary N) is 1. The molecule has 3 rings (SSSR count). The Labute approximate surface area is 131 Å². The Morgan fingerprint density at radius 1 is 1.38 bits per heavy atom. The van der Waals surface area contributed by atoms with Crippen molar-refractivity contribution in [3.05, 3.63) is 28.8 Å². The molecule has 4 heteroatoms. The third kappa shape index (κ3) is 2.95. The summed E-state index contributed by atoms with van der Waals surface area (Å²) in [5.74, 6) is 0.786. The highest BCUT2D eigenvalue weighted by Crippen LogP contribution is 2.42. The van der Waals surface area contributed by atoms with Crippen molar-refractivity contribution in [1.82, 2.24) is 5.32 Å². The van der Waals surface area contributed by atoms with Crippen molar-refractivity contribution in [3.63, 3.8) is 0 Å². The number of hydrogen-bond donors (Lipinski definition) is 1. The number of halogens is 1. The Morgan fingerprint density at radius 3 is 2.81 bits per heavy atom. The Hall–Kier alpha value is -1.06. The number of nitrogens with zero attached hydrogens (tertiary/aromatic N) is 1. The van der Waals surface area contributed by atoms with Crippen molar-refractivity contribution in [2.75, 3.05) is 24.5 Å². The van der Waals surface area contributed by atoms with Gasteiger partial charge in [-0.3, -0.25) is 4.79 Å². The van der Waals surface area contributed by atoms with Gasteiger partial charge in [0.1, 0.15) is 0 Å². The third-order valence-electron chi connectivity index (χ3n) is 4.75. The minimum Gasteiger partial charge on any atom is -0.317 e. The highest BCUT2D eigenvalue weighted by molar-refractivity contribution is 6.30. The first kappa shape index (κ1) is 14.9. The Kier molecular flexibility index (Phi) is 3.98. The van der Waals surface area contributed by atoms with Crippen LogP contribution >= 0.6 is 11.6 Å². The van der Waals surface area contributed by atoms with Gasteiger partial charge in [0.05, 0.1) is 0 Å². The van der Waals surface area contributed by atoms with Gasteiger partial charge in [-0.2, -0.15) is 0 Å². The van der Waals surface area contributed by atoms with Crippen LogP contribution in [0.5, 0.6) is 0 Å². The SMILES string of the molecule is CC1(C)CN(C(=O)CC2CCNCC2)c2ccc(Cl)cc21. The van der Waals surface area contributed by atoms with Gasteiger partial charge in [-0.05, 0) is 55.6 Å². The van der Waals surface area contributed by atoms with Crippen LogP contribution in [-0.2, 0) is 10.2 Å². The maximum atomic E-state index is 12.7. The molecule has 0 radical (unpaired) electrons. The van der Waals surface area contributed by atoms with Gasteiger partial charge in [0.2, 0.25) is 5.91 Å². The van der Waals surface area contributed by atoms with E-state index in [1.54, 1.807) is 0 Å². The molecule has 0 spiro atoms. The van der Waals surface area contributed by atoms with Gasteiger partial charge in [0.25, 0.3) is 0 Å². The van der Waals surface area contributed by atoms with Crippen LogP contribution in [0.3, 0.4) is 0 Å². The third-order valence-corrected chi connectivity index (χ3v) is 4.99. The van der Waals surface area contributed by atoms with Gasteiger partial charge in [-0.1, -0.05) is 25.4 Å². The van der Waals surface area contributed by atoms with Crippen molar-refractivity contribution in [2.45, 2.75) is 38.5 Å². The zero-order valence-electron chi connectivity index (χ0n) is 12.8. The molecule has 1 amide bonds. The zero-order chi connectivity index (χ0) is 15.0. The van der Waals surface area contributed by atoms with Gasteiger partial charge in [-0.15, -0.1) is 0 Å². The number of benzene rings is 1. The van der Waals surface area contributed by atoms with Crippen LogP contribution in [0.2, 0.25) is 5.02 Å². The highest BCUT2D eigenvalue weighted by atomic mass is 35.5. The molecule has 0 atom stereocenters. The monoisotopic (exact) mass is 306 g/mol. The number of fused-ring (bicyclic) bond motifs is 1. The van der Waals surface area contributed by atoms with Crippen LogP contribution in [0.15, 0.2) is 18.2 Å². The maximum Gasteiger partial charge on any atom is 0.227 e. The van der Waals surface area contributed by atoms with E-state index in [0.717, 1.165) is 43.2 Å². The summed E-state index contributed by atoms with van der Waals surface area (Å²) in [6.45, 7) is 7.19. The van der Waals surface area contributed by atoms with Gasteiger partial charge in [-0.25, -0.2) is 0 Å². The fourth-order valence-corrected chi connectivity index (χ4v) is 3.69. The number of rotatable bonds is 2. The fourth-order valence-electron chi connectivity index (χ4n) is 3.52. The van der Waals surface area contributed by atoms with Crippen LogP contribution in [-0.4, -0.2) is 25.5 Å². The number of piperidine rings is 1. The molecule has 0 saturated carbocycles. The Bertz CT molecular complexity index is 550. The molecule has 0 unspecified atom stereocenters. The van der Waals surface area contributed by atoms with Crippen molar-refractivity contribution >= 4 is 23.2 Å². The molecule has 1 saturated heterocycles. The number of hydrogen-bond acceptors (Lipinski definition) is 2. The van der Waals surface area contributed by atoms with Crippen LogP contribution in [0.4, 0.5) is 5.69 Å². The molecule has 1 N–H and O–H groups in total. The Balaban J connectivity index is 1.79. The molecule has 1 fully saturated rings. The van der Waals surface area contributed by atoms with Crippen LogP contribution in [0.1, 0.15) is 38.7 Å². The minimum absolute atomic E-state index is 0.0238. The topological polar surface area (TPSA) is 32.3 Å². The number of carbonyl (C=O) groups is 1. The normalized spacial score (nSPS) is 21.4. The molecule has 2 aliphatic rings. The van der Waals surface area contributed by atoms with E-state index in [1.807, 2.05) is 23.1 Å². The first-order valence-corrected chi connectivity index (χ1v) is 8.16. The standard InChI is InChI=1S/C17H23ClN2O/c1-17(2)11-20(15-4-3-13(18)10-14(15)17)16(21)9-12-5-7-19-8-6-12/h3-4,10,12,19H,5-9,11H2,1-2H3. The summed E-state index contributed by atoms with van der Waals surface area (Å²) < 4.78 is 0. The zero-order valence-corrected chi connectivity index (χ0v) is 13.5. The predicted octanol–water partition coefficient (Wildman–Crippen LogP) is 3.35. The second-order valence-electron chi connectivity index (χ2n) is 6.92. The second kappa shape index (κ2) is 5.62. The minimum atomic E-state index is -0.0238. The first-order valence-electron chi connectivity index (χ1n) is 7.78. The number of anilines is 1. The van der Waals surface area contributed by atoms with Gasteiger partial charge in [0, 0.05) is 29.1 Å². The summed E-state index contributed by atoms with van der Waals surface area (Å²) in [7, 11) is 0. The maximum absolute atomic E-state index is 12.7. The smallest absolute Gasteiger partial charge is 0.227 e. The molecule has 0 aliphatic carbocycles.